The molecule has 42 heavy (non-hydrogen) atoms. The van der Waals surface area contributed by atoms with Crippen molar-refractivity contribution in [3.8, 4) is 0 Å². The SMILES string of the molecule is [C-]#[N+][C@]1(C[C@H]2C(=O)C=C[C@@H](O[Si](c3ccccc3)(c3ccccc3)C(C)(C)C)C2(C)C)CCCN1C(=O)OC(C)(C)C. The molecule has 1 fully saturated rings. The van der Waals surface area contributed by atoms with Crippen LogP contribution in [0.5, 0.6) is 0 Å². The van der Waals surface area contributed by atoms with Crippen molar-refractivity contribution in [1.29, 1.82) is 0 Å². The van der Waals surface area contributed by atoms with E-state index in [4.69, 9.17) is 15.7 Å². The number of benzene rings is 2. The number of carbonyl (C=O) groups excluding carboxylic acids is 2. The van der Waals surface area contributed by atoms with Crippen molar-refractivity contribution in [2.75, 3.05) is 6.54 Å². The lowest BCUT2D eigenvalue weighted by atomic mass is 9.66. The molecular formula is C35H46N2O4Si. The second-order valence-corrected chi connectivity index (χ2v) is 18.6. The van der Waals surface area contributed by atoms with E-state index in [-0.39, 0.29) is 23.3 Å². The fraction of sp³-hybridized carbons (Fsp3) is 0.514. The molecule has 0 bridgehead atoms. The van der Waals surface area contributed by atoms with E-state index in [1.165, 1.54) is 10.4 Å². The third-order valence-electron chi connectivity index (χ3n) is 8.95. The molecule has 6 nitrogen and oxygen atoms in total. The number of rotatable bonds is 6. The van der Waals surface area contributed by atoms with Gasteiger partial charge < -0.3 is 9.16 Å². The summed E-state index contributed by atoms with van der Waals surface area (Å²) in [5.74, 6) is -0.538. The molecule has 0 radical (unpaired) electrons. The molecule has 1 aliphatic heterocycles. The van der Waals surface area contributed by atoms with Crippen LogP contribution in [0.4, 0.5) is 4.79 Å². The number of amides is 1. The van der Waals surface area contributed by atoms with E-state index < -0.39 is 37.0 Å². The second-order valence-electron chi connectivity index (χ2n) is 14.4. The summed E-state index contributed by atoms with van der Waals surface area (Å²) < 4.78 is 13.2. The smallest absolute Gasteiger partial charge is 0.416 e. The van der Waals surface area contributed by atoms with Crippen LogP contribution < -0.4 is 10.4 Å². The zero-order valence-electron chi connectivity index (χ0n) is 26.4. The van der Waals surface area contributed by atoms with E-state index in [9.17, 15) is 9.59 Å². The largest absolute Gasteiger partial charge is 0.444 e. The number of ether oxygens (including phenoxy) is 1. The highest BCUT2D eigenvalue weighted by atomic mass is 28.4. The molecule has 1 amide bonds. The van der Waals surface area contributed by atoms with E-state index in [0.717, 1.165) is 0 Å². The molecular weight excluding hydrogens is 540 g/mol. The molecule has 0 spiro atoms. The summed E-state index contributed by atoms with van der Waals surface area (Å²) >= 11 is 0. The standard InChI is InChI=1S/C35H46N2O4Si/c1-32(2,3)40-31(39)37-24-16-23-35(37,36-9)25-28-29(38)21-22-30(34(28,7)8)41-42(33(4,5)6,26-17-12-10-13-18-26)27-19-14-11-15-20-27/h10-15,17-22,28,30H,16,23-25H2,1-8H3/t28-,30+,35+/m0/s1. The minimum Gasteiger partial charge on any atom is -0.444 e. The average Bonchev–Trinajstić information content (AvgIpc) is 3.34. The van der Waals surface area contributed by atoms with E-state index in [1.54, 1.807) is 11.0 Å². The van der Waals surface area contributed by atoms with Gasteiger partial charge in [-0.2, -0.15) is 0 Å². The normalized spacial score (nSPS) is 24.4. The predicted octanol–water partition coefficient (Wildman–Crippen LogP) is 6.75. The van der Waals surface area contributed by atoms with Gasteiger partial charge in [0, 0.05) is 24.3 Å². The molecule has 7 heteroatoms. The average molecular weight is 587 g/mol. The maximum absolute atomic E-state index is 13.6. The molecule has 0 unspecified atom stereocenters. The van der Waals surface area contributed by atoms with Crippen molar-refractivity contribution in [3.05, 3.63) is 84.2 Å². The van der Waals surface area contributed by atoms with Crippen LogP contribution in [0.3, 0.4) is 0 Å². The van der Waals surface area contributed by atoms with Gasteiger partial charge in [-0.1, -0.05) is 101 Å². The molecule has 2 aromatic carbocycles. The Morgan fingerprint density at radius 1 is 1.00 bits per heavy atom. The van der Waals surface area contributed by atoms with Crippen molar-refractivity contribution in [2.24, 2.45) is 11.3 Å². The molecule has 2 aliphatic rings. The first-order valence-electron chi connectivity index (χ1n) is 15.0. The Kier molecular flexibility index (Phi) is 8.66. The van der Waals surface area contributed by atoms with E-state index in [0.29, 0.717) is 19.4 Å². The number of nitrogens with zero attached hydrogens (tertiary/aromatic N) is 2. The monoisotopic (exact) mass is 586 g/mol. The Balaban J connectivity index is 1.76. The van der Waals surface area contributed by atoms with Crippen LogP contribution in [-0.4, -0.2) is 49.0 Å². The first-order chi connectivity index (χ1) is 19.6. The van der Waals surface area contributed by atoms with Crippen molar-refractivity contribution < 1.29 is 18.8 Å². The Morgan fingerprint density at radius 2 is 1.55 bits per heavy atom. The van der Waals surface area contributed by atoms with Crippen LogP contribution >= 0.6 is 0 Å². The first-order valence-corrected chi connectivity index (χ1v) is 16.9. The number of ketones is 1. The third kappa shape index (κ3) is 5.84. The first kappa shape index (κ1) is 31.7. The fourth-order valence-corrected chi connectivity index (χ4v) is 11.5. The molecule has 0 aromatic heterocycles. The lowest BCUT2D eigenvalue weighted by Crippen LogP contribution is -2.69. The van der Waals surface area contributed by atoms with E-state index >= 15 is 0 Å². The minimum atomic E-state index is -2.91. The molecule has 224 valence electrons. The van der Waals surface area contributed by atoms with Gasteiger partial charge in [0.2, 0.25) is 0 Å². The Bertz CT molecular complexity index is 1310. The van der Waals surface area contributed by atoms with Gasteiger partial charge >= 0.3 is 11.8 Å². The highest BCUT2D eigenvalue weighted by Gasteiger charge is 2.59. The zero-order valence-corrected chi connectivity index (χ0v) is 27.4. The third-order valence-corrected chi connectivity index (χ3v) is 14.0. The summed E-state index contributed by atoms with van der Waals surface area (Å²) in [5.41, 5.74) is -2.45. The van der Waals surface area contributed by atoms with Gasteiger partial charge in [-0.3, -0.25) is 9.64 Å². The van der Waals surface area contributed by atoms with Crippen molar-refractivity contribution in [3.63, 3.8) is 0 Å². The summed E-state index contributed by atoms with van der Waals surface area (Å²) in [6, 6.07) is 21.0. The van der Waals surface area contributed by atoms with Crippen LogP contribution in [0.15, 0.2) is 72.8 Å². The highest BCUT2D eigenvalue weighted by Crippen LogP contribution is 2.48. The minimum absolute atomic E-state index is 0.0265. The molecule has 3 atom stereocenters. The van der Waals surface area contributed by atoms with Crippen LogP contribution in [0, 0.1) is 17.9 Å². The summed E-state index contributed by atoms with van der Waals surface area (Å²) in [7, 11) is -2.91. The van der Waals surface area contributed by atoms with Crippen LogP contribution in [0.25, 0.3) is 4.85 Å². The molecule has 4 rings (SSSR count). The number of likely N-dealkylation sites (tertiary alicyclic amines) is 1. The fourth-order valence-electron chi connectivity index (χ4n) is 6.69. The molecule has 1 heterocycles. The van der Waals surface area contributed by atoms with Crippen LogP contribution in [-0.2, 0) is 14.0 Å². The second kappa shape index (κ2) is 11.5. The van der Waals surface area contributed by atoms with Crippen LogP contribution in [0.2, 0.25) is 5.04 Å². The van der Waals surface area contributed by atoms with E-state index in [1.807, 2.05) is 39.0 Å². The molecule has 1 saturated heterocycles. The van der Waals surface area contributed by atoms with Gasteiger partial charge in [0.05, 0.1) is 12.5 Å². The molecule has 0 saturated carbocycles. The lowest BCUT2D eigenvalue weighted by molar-refractivity contribution is -0.127. The summed E-state index contributed by atoms with van der Waals surface area (Å²) in [6.07, 6.45) is 4.14. The maximum Gasteiger partial charge on any atom is 0.416 e. The zero-order chi connectivity index (χ0) is 31.0. The van der Waals surface area contributed by atoms with Gasteiger partial charge in [0.1, 0.15) is 5.60 Å². The van der Waals surface area contributed by atoms with Crippen molar-refractivity contribution >= 4 is 30.6 Å². The van der Waals surface area contributed by atoms with Gasteiger partial charge in [-0.05, 0) is 48.7 Å². The number of hydrogen-bond donors (Lipinski definition) is 0. The van der Waals surface area contributed by atoms with Gasteiger partial charge in [0.25, 0.3) is 8.32 Å². The van der Waals surface area contributed by atoms with Crippen molar-refractivity contribution in [2.45, 2.75) is 97.1 Å². The van der Waals surface area contributed by atoms with Gasteiger partial charge in [-0.25, -0.2) is 16.3 Å². The summed E-state index contributed by atoms with van der Waals surface area (Å²) in [6.45, 7) is 25.0. The summed E-state index contributed by atoms with van der Waals surface area (Å²) in [5, 5.41) is 2.12. The Labute approximate surface area is 253 Å². The molecule has 2 aromatic rings. The van der Waals surface area contributed by atoms with Crippen molar-refractivity contribution in [1.82, 2.24) is 4.90 Å². The van der Waals surface area contributed by atoms with E-state index in [2.05, 4.69) is 88.0 Å². The lowest BCUT2D eigenvalue weighted by Gasteiger charge is -2.50. The molecule has 0 N–H and O–H groups in total. The Hall–Kier alpha value is -3.21. The number of carbonyl (C=O) groups is 2. The quantitative estimate of drug-likeness (QED) is 0.278. The van der Waals surface area contributed by atoms with Crippen LogP contribution in [0.1, 0.15) is 74.7 Å². The predicted molar refractivity (Wildman–Crippen MR) is 170 cm³/mol. The summed E-state index contributed by atoms with van der Waals surface area (Å²) in [4.78, 5) is 32.5. The van der Waals surface area contributed by atoms with Gasteiger partial charge in [0.15, 0.2) is 5.78 Å². The number of allylic oxidation sites excluding steroid dienone is 1. The van der Waals surface area contributed by atoms with Gasteiger partial charge in [-0.15, -0.1) is 0 Å². The topological polar surface area (TPSA) is 60.2 Å². The highest BCUT2D eigenvalue weighted by molar-refractivity contribution is 6.99. The number of hydrogen-bond acceptors (Lipinski definition) is 4. The Morgan fingerprint density at radius 3 is 2.02 bits per heavy atom. The molecule has 1 aliphatic carbocycles. The maximum atomic E-state index is 13.6.